The van der Waals surface area contributed by atoms with Crippen molar-refractivity contribution in [3.8, 4) is 0 Å². The van der Waals surface area contributed by atoms with Gasteiger partial charge in [-0.25, -0.2) is 4.98 Å². The lowest BCUT2D eigenvalue weighted by Gasteiger charge is -2.11. The largest absolute Gasteiger partial charge is 0.416 e. The number of nitrogens with one attached hydrogen (secondary N) is 2. The first-order chi connectivity index (χ1) is 12.5. The highest BCUT2D eigenvalue weighted by Crippen LogP contribution is 2.31. The monoisotopic (exact) mass is 358 g/mol. The molecular weight excluding hydrogens is 341 g/mol. The van der Waals surface area contributed by atoms with Crippen LogP contribution in [0.2, 0.25) is 0 Å². The molecule has 0 radical (unpaired) electrons. The number of hydrogen-bond acceptors (Lipinski definition) is 4. The quantitative estimate of drug-likeness (QED) is 0.658. The van der Waals surface area contributed by atoms with Gasteiger partial charge in [0.25, 0.3) is 0 Å². The van der Waals surface area contributed by atoms with E-state index in [9.17, 15) is 13.2 Å². The van der Waals surface area contributed by atoms with Crippen LogP contribution in [0.1, 0.15) is 11.1 Å². The Morgan fingerprint density at radius 1 is 0.923 bits per heavy atom. The standard InChI is InChI=1S/C19H17F3N4/c20-19(21,22)15-7-4-8-16(13-15)25-17-10-12-24-18(26-17)23-11-9-14-5-2-1-3-6-14/h1-8,10,12-13H,9,11H2,(H2,23,24,25,26). The number of nitrogens with zero attached hydrogens (tertiary/aromatic N) is 2. The van der Waals surface area contributed by atoms with Crippen molar-refractivity contribution in [2.75, 3.05) is 17.2 Å². The van der Waals surface area contributed by atoms with Gasteiger partial charge in [0.2, 0.25) is 5.95 Å². The molecule has 0 saturated heterocycles. The van der Waals surface area contributed by atoms with Crippen LogP contribution in [0.25, 0.3) is 0 Å². The predicted molar refractivity (Wildman–Crippen MR) is 95.4 cm³/mol. The van der Waals surface area contributed by atoms with Gasteiger partial charge in [0.1, 0.15) is 5.82 Å². The molecule has 0 amide bonds. The first-order valence-electron chi connectivity index (χ1n) is 8.06. The molecule has 4 nitrogen and oxygen atoms in total. The van der Waals surface area contributed by atoms with Gasteiger partial charge in [0.05, 0.1) is 5.56 Å². The summed E-state index contributed by atoms with van der Waals surface area (Å²) in [6, 6.07) is 16.6. The van der Waals surface area contributed by atoms with Crippen molar-refractivity contribution >= 4 is 17.5 Å². The van der Waals surface area contributed by atoms with E-state index in [2.05, 4.69) is 20.6 Å². The maximum atomic E-state index is 12.8. The van der Waals surface area contributed by atoms with E-state index in [1.54, 1.807) is 18.3 Å². The second kappa shape index (κ2) is 7.86. The summed E-state index contributed by atoms with van der Waals surface area (Å²) in [5.41, 5.74) is 0.796. The Morgan fingerprint density at radius 3 is 2.50 bits per heavy atom. The molecule has 1 aromatic heterocycles. The molecule has 0 unspecified atom stereocenters. The molecule has 3 aromatic rings. The van der Waals surface area contributed by atoms with E-state index in [-0.39, 0.29) is 0 Å². The molecule has 0 aliphatic heterocycles. The lowest BCUT2D eigenvalue weighted by molar-refractivity contribution is -0.137. The summed E-state index contributed by atoms with van der Waals surface area (Å²) in [6.45, 7) is 0.650. The molecule has 0 aliphatic rings. The van der Waals surface area contributed by atoms with Crippen molar-refractivity contribution in [3.63, 3.8) is 0 Å². The Kier molecular flexibility index (Phi) is 5.36. The number of aromatic nitrogens is 2. The van der Waals surface area contributed by atoms with Crippen LogP contribution in [0.4, 0.5) is 30.6 Å². The van der Waals surface area contributed by atoms with E-state index < -0.39 is 11.7 Å². The third-order valence-corrected chi connectivity index (χ3v) is 3.66. The zero-order chi connectivity index (χ0) is 18.4. The number of hydrogen-bond donors (Lipinski definition) is 2. The van der Waals surface area contributed by atoms with E-state index in [4.69, 9.17) is 0 Å². The van der Waals surface area contributed by atoms with Gasteiger partial charge in [-0.15, -0.1) is 0 Å². The van der Waals surface area contributed by atoms with Crippen LogP contribution in [0, 0.1) is 0 Å². The van der Waals surface area contributed by atoms with Gasteiger partial charge in [-0.05, 0) is 36.2 Å². The SMILES string of the molecule is FC(F)(F)c1cccc(Nc2ccnc(NCCc3ccccc3)n2)c1. The maximum absolute atomic E-state index is 12.8. The maximum Gasteiger partial charge on any atom is 0.416 e. The fraction of sp³-hybridized carbons (Fsp3) is 0.158. The summed E-state index contributed by atoms with van der Waals surface area (Å²) in [4.78, 5) is 8.40. The fourth-order valence-corrected chi connectivity index (χ4v) is 2.40. The molecule has 1 heterocycles. The summed E-state index contributed by atoms with van der Waals surface area (Å²) in [7, 11) is 0. The van der Waals surface area contributed by atoms with E-state index in [1.807, 2.05) is 30.3 Å². The summed E-state index contributed by atoms with van der Waals surface area (Å²) >= 11 is 0. The Morgan fingerprint density at radius 2 is 1.73 bits per heavy atom. The minimum Gasteiger partial charge on any atom is -0.354 e. The zero-order valence-electron chi connectivity index (χ0n) is 13.8. The zero-order valence-corrected chi connectivity index (χ0v) is 13.8. The second-order valence-corrected chi connectivity index (χ2v) is 5.63. The summed E-state index contributed by atoms with van der Waals surface area (Å²) in [6.07, 6.45) is -2.02. The van der Waals surface area contributed by atoms with Crippen molar-refractivity contribution < 1.29 is 13.2 Å². The third kappa shape index (κ3) is 4.95. The molecule has 0 atom stereocenters. The van der Waals surface area contributed by atoms with Gasteiger partial charge < -0.3 is 10.6 Å². The number of alkyl halides is 3. The topological polar surface area (TPSA) is 49.8 Å². The molecule has 2 aromatic carbocycles. The average Bonchev–Trinajstić information content (AvgIpc) is 2.63. The van der Waals surface area contributed by atoms with Gasteiger partial charge in [-0.2, -0.15) is 18.2 Å². The highest BCUT2D eigenvalue weighted by molar-refractivity contribution is 5.58. The fourth-order valence-electron chi connectivity index (χ4n) is 2.40. The number of benzene rings is 2. The Hall–Kier alpha value is -3.09. The van der Waals surface area contributed by atoms with Crippen LogP contribution in [0.5, 0.6) is 0 Å². The van der Waals surface area contributed by atoms with Crippen LogP contribution in [0.3, 0.4) is 0 Å². The van der Waals surface area contributed by atoms with Gasteiger partial charge in [-0.3, -0.25) is 0 Å². The van der Waals surface area contributed by atoms with E-state index in [0.717, 1.165) is 18.6 Å². The summed E-state index contributed by atoms with van der Waals surface area (Å²) < 4.78 is 38.4. The molecule has 0 spiro atoms. The first-order valence-corrected chi connectivity index (χ1v) is 8.06. The highest BCUT2D eigenvalue weighted by atomic mass is 19.4. The second-order valence-electron chi connectivity index (χ2n) is 5.63. The lowest BCUT2D eigenvalue weighted by atomic mass is 10.1. The van der Waals surface area contributed by atoms with E-state index >= 15 is 0 Å². The molecular formula is C19H17F3N4. The van der Waals surface area contributed by atoms with Crippen LogP contribution >= 0.6 is 0 Å². The molecule has 0 fully saturated rings. The Balaban J connectivity index is 1.62. The third-order valence-electron chi connectivity index (χ3n) is 3.66. The minimum absolute atomic E-state index is 0.314. The Bertz CT molecular complexity index is 851. The van der Waals surface area contributed by atoms with Crippen LogP contribution < -0.4 is 10.6 Å². The average molecular weight is 358 g/mol. The van der Waals surface area contributed by atoms with E-state index in [0.29, 0.717) is 24.0 Å². The minimum atomic E-state index is -4.38. The van der Waals surface area contributed by atoms with Gasteiger partial charge >= 0.3 is 6.18 Å². The van der Waals surface area contributed by atoms with Gasteiger partial charge in [0, 0.05) is 18.4 Å². The van der Waals surface area contributed by atoms with Crippen molar-refractivity contribution in [2.24, 2.45) is 0 Å². The highest BCUT2D eigenvalue weighted by Gasteiger charge is 2.30. The molecule has 0 saturated carbocycles. The molecule has 7 heteroatoms. The van der Waals surface area contributed by atoms with Crippen molar-refractivity contribution in [1.29, 1.82) is 0 Å². The number of rotatable bonds is 6. The van der Waals surface area contributed by atoms with Crippen LogP contribution in [-0.4, -0.2) is 16.5 Å². The molecule has 0 aliphatic carbocycles. The summed E-state index contributed by atoms with van der Waals surface area (Å²) in [5, 5.41) is 5.99. The molecule has 0 bridgehead atoms. The number of anilines is 3. The van der Waals surface area contributed by atoms with Crippen molar-refractivity contribution in [1.82, 2.24) is 9.97 Å². The van der Waals surface area contributed by atoms with Gasteiger partial charge in [-0.1, -0.05) is 36.4 Å². The molecule has 2 N–H and O–H groups in total. The molecule has 134 valence electrons. The normalized spacial score (nSPS) is 11.2. The first kappa shape index (κ1) is 17.7. The van der Waals surface area contributed by atoms with Crippen LogP contribution in [-0.2, 0) is 12.6 Å². The van der Waals surface area contributed by atoms with Crippen LogP contribution in [0.15, 0.2) is 66.9 Å². The smallest absolute Gasteiger partial charge is 0.354 e. The predicted octanol–water partition coefficient (Wildman–Crippen LogP) is 4.89. The Labute approximate surface area is 149 Å². The van der Waals surface area contributed by atoms with E-state index in [1.165, 1.54) is 11.6 Å². The number of halogens is 3. The van der Waals surface area contributed by atoms with Crippen molar-refractivity contribution in [3.05, 3.63) is 78.0 Å². The summed E-state index contributed by atoms with van der Waals surface area (Å²) in [5.74, 6) is 0.833. The van der Waals surface area contributed by atoms with Gasteiger partial charge in [0.15, 0.2) is 0 Å². The van der Waals surface area contributed by atoms with Crippen molar-refractivity contribution in [2.45, 2.75) is 12.6 Å². The lowest BCUT2D eigenvalue weighted by Crippen LogP contribution is -2.09. The molecule has 3 rings (SSSR count). The molecule has 26 heavy (non-hydrogen) atoms.